The molecule has 6 unspecified atom stereocenters. The van der Waals surface area contributed by atoms with Crippen LogP contribution in [0.5, 0.6) is 0 Å². The fraction of sp³-hybridized carbons (Fsp3) is 0.750. The Morgan fingerprint density at radius 3 is 1.77 bits per heavy atom. The fourth-order valence-electron chi connectivity index (χ4n) is 5.61. The lowest BCUT2D eigenvalue weighted by Crippen LogP contribution is -2.60. The first-order valence-electron chi connectivity index (χ1n) is 19.7. The van der Waals surface area contributed by atoms with E-state index in [-0.39, 0.29) is 19.4 Å². The van der Waals surface area contributed by atoms with Crippen molar-refractivity contribution in [2.75, 3.05) is 19.0 Å². The standard InChI is InChI=1S/C40H68O12S/c1-3-5-7-9-11-13-15-16-17-18-19-21-23-25-27-29-36(42)51-33(30-49-35(41)28-26-24-22-20-14-12-10-8-6-4-2)31-50-40-39(45)38(44)37(43)34(52-40)32-53(46,47)48/h5,7,11,13,16-17,19,21,33-34,37-40,43-45H,3-4,6,8-10,12,14-15,18,20,22-32H2,1-2H3,(H,46,47,48)/b7-5-,13-11-,17-16-,21-19-. The van der Waals surface area contributed by atoms with E-state index in [1.54, 1.807) is 0 Å². The first kappa shape index (κ1) is 48.6. The number of hydrogen-bond donors (Lipinski definition) is 4. The molecule has 6 atom stereocenters. The Labute approximate surface area is 318 Å². The minimum absolute atomic E-state index is 0.112. The number of esters is 2. The summed E-state index contributed by atoms with van der Waals surface area (Å²) >= 11 is 0. The molecule has 12 nitrogen and oxygen atoms in total. The van der Waals surface area contributed by atoms with Gasteiger partial charge in [-0.3, -0.25) is 14.1 Å². The van der Waals surface area contributed by atoms with E-state index in [0.717, 1.165) is 57.8 Å². The summed E-state index contributed by atoms with van der Waals surface area (Å²) in [4.78, 5) is 25.2. The summed E-state index contributed by atoms with van der Waals surface area (Å²) in [5.41, 5.74) is 0. The van der Waals surface area contributed by atoms with Crippen LogP contribution in [-0.2, 0) is 38.7 Å². The number of aliphatic hydroxyl groups is 3. The summed E-state index contributed by atoms with van der Waals surface area (Å²) in [6, 6.07) is 0. The normalized spacial score (nSPS) is 21.7. The Kier molecular flexibility index (Phi) is 28.3. The smallest absolute Gasteiger partial charge is 0.306 e. The third kappa shape index (κ3) is 26.1. The van der Waals surface area contributed by atoms with Gasteiger partial charge < -0.3 is 34.3 Å². The molecule has 1 rings (SSSR count). The van der Waals surface area contributed by atoms with Gasteiger partial charge in [-0.25, -0.2) is 0 Å². The number of ether oxygens (including phenoxy) is 4. The highest BCUT2D eigenvalue weighted by atomic mass is 32.2. The molecule has 1 saturated heterocycles. The number of allylic oxidation sites excluding steroid dienone is 8. The highest BCUT2D eigenvalue weighted by molar-refractivity contribution is 7.85. The van der Waals surface area contributed by atoms with Crippen LogP contribution in [0.1, 0.15) is 136 Å². The average Bonchev–Trinajstić information content (AvgIpc) is 3.12. The lowest BCUT2D eigenvalue weighted by atomic mass is 10.00. The molecule has 53 heavy (non-hydrogen) atoms. The van der Waals surface area contributed by atoms with Crippen molar-refractivity contribution in [3.05, 3.63) is 48.6 Å². The minimum Gasteiger partial charge on any atom is -0.462 e. The molecule has 1 aliphatic rings. The molecule has 0 spiro atoms. The number of carbonyl (C=O) groups is 2. The zero-order valence-electron chi connectivity index (χ0n) is 32.1. The number of hydrogen-bond acceptors (Lipinski definition) is 11. The molecular formula is C40H68O12S. The predicted octanol–water partition coefficient (Wildman–Crippen LogP) is 6.83. The van der Waals surface area contributed by atoms with Gasteiger partial charge in [0, 0.05) is 12.8 Å². The molecule has 1 fully saturated rings. The highest BCUT2D eigenvalue weighted by Crippen LogP contribution is 2.24. The van der Waals surface area contributed by atoms with Crippen molar-refractivity contribution in [3.63, 3.8) is 0 Å². The van der Waals surface area contributed by atoms with E-state index in [2.05, 4.69) is 62.5 Å². The van der Waals surface area contributed by atoms with Crippen molar-refractivity contribution in [1.29, 1.82) is 0 Å². The van der Waals surface area contributed by atoms with Gasteiger partial charge in [-0.05, 0) is 51.4 Å². The maximum atomic E-state index is 12.7. The van der Waals surface area contributed by atoms with E-state index in [9.17, 15) is 37.9 Å². The Bertz CT molecular complexity index is 1180. The van der Waals surface area contributed by atoms with E-state index in [0.29, 0.717) is 12.8 Å². The summed E-state index contributed by atoms with van der Waals surface area (Å²) in [6.45, 7) is 3.56. The predicted molar refractivity (Wildman–Crippen MR) is 206 cm³/mol. The maximum Gasteiger partial charge on any atom is 0.306 e. The SMILES string of the molecule is CC/C=C\C/C=C\C/C=C\C/C=C\CCCCC(=O)OC(COC(=O)CCCCCCCCCCCC)COC1OC(CS(=O)(=O)O)C(O)C(O)C1O. The van der Waals surface area contributed by atoms with Gasteiger partial charge in [0.1, 0.15) is 36.8 Å². The largest absolute Gasteiger partial charge is 0.462 e. The van der Waals surface area contributed by atoms with Crippen LogP contribution in [0.3, 0.4) is 0 Å². The van der Waals surface area contributed by atoms with Crippen LogP contribution in [0.4, 0.5) is 0 Å². The summed E-state index contributed by atoms with van der Waals surface area (Å²) in [6.07, 6.45) is 24.6. The molecule has 0 amide bonds. The number of rotatable bonds is 31. The third-order valence-electron chi connectivity index (χ3n) is 8.67. The topological polar surface area (TPSA) is 186 Å². The van der Waals surface area contributed by atoms with Crippen molar-refractivity contribution < 1.29 is 56.8 Å². The van der Waals surface area contributed by atoms with E-state index in [1.807, 2.05) is 0 Å². The second kappa shape index (κ2) is 30.9. The second-order valence-corrected chi connectivity index (χ2v) is 15.1. The van der Waals surface area contributed by atoms with Crippen molar-refractivity contribution in [3.8, 4) is 0 Å². The van der Waals surface area contributed by atoms with E-state index in [1.165, 1.54) is 38.5 Å². The van der Waals surface area contributed by atoms with Gasteiger partial charge in [-0.1, -0.05) is 120 Å². The van der Waals surface area contributed by atoms with Gasteiger partial charge in [-0.2, -0.15) is 8.42 Å². The molecule has 306 valence electrons. The molecule has 0 saturated carbocycles. The van der Waals surface area contributed by atoms with Crippen molar-refractivity contribution in [1.82, 2.24) is 0 Å². The van der Waals surface area contributed by atoms with E-state index < -0.39 is 71.2 Å². The number of carbonyl (C=O) groups excluding carboxylic acids is 2. The van der Waals surface area contributed by atoms with Gasteiger partial charge in [0.25, 0.3) is 10.1 Å². The van der Waals surface area contributed by atoms with Crippen molar-refractivity contribution in [2.45, 2.75) is 173 Å². The lowest BCUT2D eigenvalue weighted by Gasteiger charge is -2.40. The van der Waals surface area contributed by atoms with Gasteiger partial charge >= 0.3 is 11.9 Å². The van der Waals surface area contributed by atoms with Crippen LogP contribution in [-0.4, -0.2) is 96.0 Å². The molecule has 13 heteroatoms. The molecule has 0 radical (unpaired) electrons. The van der Waals surface area contributed by atoms with Crippen molar-refractivity contribution in [2.24, 2.45) is 0 Å². The summed E-state index contributed by atoms with van der Waals surface area (Å²) < 4.78 is 53.8. The Balaban J connectivity index is 2.56. The second-order valence-electron chi connectivity index (χ2n) is 13.6. The van der Waals surface area contributed by atoms with Crippen LogP contribution < -0.4 is 0 Å². The Hall–Kier alpha value is -2.39. The van der Waals surface area contributed by atoms with Gasteiger partial charge in [0.2, 0.25) is 0 Å². The van der Waals surface area contributed by atoms with Crippen molar-refractivity contribution >= 4 is 22.1 Å². The molecule has 0 aliphatic carbocycles. The molecule has 0 aromatic heterocycles. The van der Waals surface area contributed by atoms with E-state index in [4.69, 9.17) is 18.9 Å². The van der Waals surface area contributed by atoms with Gasteiger partial charge in [0.05, 0.1) is 6.61 Å². The molecule has 0 aromatic carbocycles. The summed E-state index contributed by atoms with van der Waals surface area (Å²) in [5, 5.41) is 30.7. The fourth-order valence-corrected chi connectivity index (χ4v) is 6.30. The first-order valence-corrected chi connectivity index (χ1v) is 21.3. The molecule has 0 bridgehead atoms. The zero-order valence-corrected chi connectivity index (χ0v) is 32.9. The lowest BCUT2D eigenvalue weighted by molar-refractivity contribution is -0.297. The van der Waals surface area contributed by atoms with Crippen LogP contribution in [0.25, 0.3) is 0 Å². The maximum absolute atomic E-state index is 12.7. The average molecular weight is 773 g/mol. The molecule has 0 aromatic rings. The van der Waals surface area contributed by atoms with Crippen LogP contribution in [0.2, 0.25) is 0 Å². The Morgan fingerprint density at radius 1 is 0.660 bits per heavy atom. The highest BCUT2D eigenvalue weighted by Gasteiger charge is 2.46. The summed E-state index contributed by atoms with van der Waals surface area (Å²) in [7, 11) is -4.60. The molecular weight excluding hydrogens is 704 g/mol. The zero-order chi connectivity index (χ0) is 39.2. The van der Waals surface area contributed by atoms with Crippen LogP contribution >= 0.6 is 0 Å². The van der Waals surface area contributed by atoms with Crippen LogP contribution in [0.15, 0.2) is 48.6 Å². The molecule has 1 aliphatic heterocycles. The van der Waals surface area contributed by atoms with Gasteiger partial charge in [-0.15, -0.1) is 0 Å². The quantitative estimate of drug-likeness (QED) is 0.0250. The monoisotopic (exact) mass is 772 g/mol. The molecule has 4 N–H and O–H groups in total. The Morgan fingerprint density at radius 2 is 1.19 bits per heavy atom. The molecule has 1 heterocycles. The third-order valence-corrected chi connectivity index (χ3v) is 9.42. The number of aliphatic hydroxyl groups excluding tert-OH is 3. The minimum atomic E-state index is -4.60. The number of unbranched alkanes of at least 4 members (excludes halogenated alkanes) is 11. The first-order chi connectivity index (χ1) is 25.5. The van der Waals surface area contributed by atoms with E-state index >= 15 is 0 Å². The van der Waals surface area contributed by atoms with Crippen LogP contribution in [0, 0.1) is 0 Å². The van der Waals surface area contributed by atoms with Gasteiger partial charge in [0.15, 0.2) is 12.4 Å². The summed E-state index contributed by atoms with van der Waals surface area (Å²) in [5.74, 6) is -2.04.